The molecule has 0 saturated heterocycles. The Balaban J connectivity index is 2.38. The molecule has 0 unspecified atom stereocenters. The molecular formula is C18H12Br3NO2. The topological polar surface area (TPSA) is 37.4 Å². The van der Waals surface area contributed by atoms with Gasteiger partial charge in [0.25, 0.3) is 0 Å². The Hall–Kier alpha value is -1.24. The van der Waals surface area contributed by atoms with Crippen molar-refractivity contribution in [2.45, 2.75) is 6.92 Å². The van der Waals surface area contributed by atoms with Gasteiger partial charge in [-0.3, -0.25) is 14.5 Å². The summed E-state index contributed by atoms with van der Waals surface area (Å²) >= 11 is 10.2. The number of alkyl halides is 1. The molecule has 0 fully saturated rings. The summed E-state index contributed by atoms with van der Waals surface area (Å²) in [5, 5.41) is 0.162. The second-order valence-corrected chi connectivity index (χ2v) is 7.74. The van der Waals surface area contributed by atoms with Crippen molar-refractivity contribution in [3.8, 4) is 0 Å². The molecule has 0 N–H and O–H groups in total. The predicted molar refractivity (Wildman–Crippen MR) is 108 cm³/mol. The molecule has 1 aliphatic heterocycles. The Bertz CT molecular complexity index is 890. The minimum absolute atomic E-state index is 0.0890. The first-order valence-electron chi connectivity index (χ1n) is 7.13. The molecule has 0 aromatic heterocycles. The lowest BCUT2D eigenvalue weighted by atomic mass is 10.0. The van der Waals surface area contributed by atoms with Gasteiger partial charge in [0.2, 0.25) is 5.91 Å². The first kappa shape index (κ1) is 17.6. The lowest BCUT2D eigenvalue weighted by Crippen LogP contribution is -2.29. The van der Waals surface area contributed by atoms with Crippen LogP contribution in [0.5, 0.6) is 0 Å². The van der Waals surface area contributed by atoms with Crippen molar-refractivity contribution in [3.05, 3.63) is 56.0 Å². The maximum Gasteiger partial charge on any atom is 0.242 e. The van der Waals surface area contributed by atoms with E-state index in [2.05, 4.69) is 47.8 Å². The summed E-state index contributed by atoms with van der Waals surface area (Å²) in [5.74, 6) is -0.220. The van der Waals surface area contributed by atoms with Gasteiger partial charge >= 0.3 is 0 Å². The van der Waals surface area contributed by atoms with E-state index < -0.39 is 0 Å². The summed E-state index contributed by atoms with van der Waals surface area (Å²) in [7, 11) is 0. The molecule has 6 heteroatoms. The van der Waals surface area contributed by atoms with Gasteiger partial charge in [-0.2, -0.15) is 0 Å². The molecule has 0 aliphatic carbocycles. The number of carbonyl (C=O) groups excluding carboxylic acids is 2. The third-order valence-electron chi connectivity index (χ3n) is 3.74. The average Bonchev–Trinajstić information content (AvgIpc) is 2.70. The standard InChI is InChI=1S/C18H12Br3NO2/c1-10(23)15-8-14(21)7-12-3-2-11-6-13(20)4-5-16(11)22(18(12)15)17(24)9-19/h2-8H,9H2,1H3. The third kappa shape index (κ3) is 3.15. The number of carbonyl (C=O) groups is 2. The highest BCUT2D eigenvalue weighted by atomic mass is 79.9. The van der Waals surface area contributed by atoms with Gasteiger partial charge in [-0.25, -0.2) is 0 Å². The van der Waals surface area contributed by atoms with Gasteiger partial charge in [0.05, 0.1) is 16.7 Å². The zero-order valence-corrected chi connectivity index (χ0v) is 17.4. The van der Waals surface area contributed by atoms with Crippen LogP contribution in [-0.4, -0.2) is 17.0 Å². The molecule has 0 saturated carbocycles. The van der Waals surface area contributed by atoms with Crippen molar-refractivity contribution in [2.75, 3.05) is 10.2 Å². The predicted octanol–water partition coefficient (Wildman–Crippen LogP) is 5.96. The van der Waals surface area contributed by atoms with Gasteiger partial charge in [-0.05, 0) is 42.8 Å². The Morgan fingerprint density at radius 1 is 1.00 bits per heavy atom. The van der Waals surface area contributed by atoms with E-state index in [0.717, 1.165) is 25.8 Å². The van der Waals surface area contributed by atoms with Gasteiger partial charge < -0.3 is 0 Å². The van der Waals surface area contributed by atoms with Crippen molar-refractivity contribution in [1.29, 1.82) is 0 Å². The Morgan fingerprint density at radius 2 is 1.67 bits per heavy atom. The van der Waals surface area contributed by atoms with Crippen LogP contribution in [0.4, 0.5) is 11.4 Å². The zero-order chi connectivity index (χ0) is 17.4. The molecule has 2 aromatic carbocycles. The van der Waals surface area contributed by atoms with Gasteiger partial charge in [-0.1, -0.05) is 59.9 Å². The quantitative estimate of drug-likeness (QED) is 0.367. The van der Waals surface area contributed by atoms with E-state index >= 15 is 0 Å². The molecule has 0 radical (unpaired) electrons. The molecule has 1 heterocycles. The number of Topliss-reactive ketones (excluding diaryl/α,β-unsaturated/α-hetero) is 1. The highest BCUT2D eigenvalue weighted by molar-refractivity contribution is 9.10. The Morgan fingerprint density at radius 3 is 2.33 bits per heavy atom. The van der Waals surface area contributed by atoms with Gasteiger partial charge in [-0.15, -0.1) is 0 Å². The molecule has 3 rings (SSSR count). The van der Waals surface area contributed by atoms with Crippen LogP contribution in [0, 0.1) is 0 Å². The summed E-state index contributed by atoms with van der Waals surface area (Å²) in [4.78, 5) is 26.5. The molecule has 1 aliphatic rings. The minimum atomic E-state index is -0.131. The van der Waals surface area contributed by atoms with Crippen LogP contribution in [-0.2, 0) is 4.79 Å². The van der Waals surface area contributed by atoms with E-state index in [1.807, 2.05) is 36.4 Å². The number of rotatable bonds is 2. The Labute approximate surface area is 165 Å². The monoisotopic (exact) mass is 511 g/mol. The molecule has 24 heavy (non-hydrogen) atoms. The van der Waals surface area contributed by atoms with Gasteiger partial charge in [0, 0.05) is 20.1 Å². The highest BCUT2D eigenvalue weighted by Gasteiger charge is 2.27. The van der Waals surface area contributed by atoms with Crippen LogP contribution < -0.4 is 4.90 Å². The maximum absolute atomic E-state index is 12.7. The number of hydrogen-bond acceptors (Lipinski definition) is 2. The molecule has 3 nitrogen and oxygen atoms in total. The molecule has 0 bridgehead atoms. The third-order valence-corrected chi connectivity index (χ3v) is 5.17. The summed E-state index contributed by atoms with van der Waals surface area (Å²) < 4.78 is 1.73. The number of hydrogen-bond donors (Lipinski definition) is 0. The van der Waals surface area contributed by atoms with Crippen molar-refractivity contribution in [1.82, 2.24) is 0 Å². The van der Waals surface area contributed by atoms with Gasteiger partial charge in [0.15, 0.2) is 5.78 Å². The van der Waals surface area contributed by atoms with Gasteiger partial charge in [0.1, 0.15) is 0 Å². The van der Waals surface area contributed by atoms with Crippen molar-refractivity contribution >= 4 is 83.0 Å². The SMILES string of the molecule is CC(=O)c1cc(Br)cc2c1N(C(=O)CBr)c1ccc(Br)cc1C=C2. The summed E-state index contributed by atoms with van der Waals surface area (Å²) in [5.41, 5.74) is 3.60. The molecule has 0 spiro atoms. The fourth-order valence-electron chi connectivity index (χ4n) is 2.75. The number of fused-ring (bicyclic) bond motifs is 2. The highest BCUT2D eigenvalue weighted by Crippen LogP contribution is 2.41. The van der Waals surface area contributed by atoms with Crippen molar-refractivity contribution in [3.63, 3.8) is 0 Å². The first-order valence-corrected chi connectivity index (χ1v) is 9.84. The smallest absolute Gasteiger partial charge is 0.242 e. The maximum atomic E-state index is 12.7. The molecular weight excluding hydrogens is 502 g/mol. The van der Waals surface area contributed by atoms with Crippen LogP contribution >= 0.6 is 47.8 Å². The molecule has 1 amide bonds. The molecule has 2 aromatic rings. The van der Waals surface area contributed by atoms with Crippen molar-refractivity contribution < 1.29 is 9.59 Å². The summed E-state index contributed by atoms with van der Waals surface area (Å²) in [6.07, 6.45) is 3.89. The fourth-order valence-corrected chi connectivity index (χ4v) is 3.85. The van der Waals surface area contributed by atoms with Crippen LogP contribution in [0.1, 0.15) is 28.4 Å². The number of benzene rings is 2. The fraction of sp³-hybridized carbons (Fsp3) is 0.111. The zero-order valence-electron chi connectivity index (χ0n) is 12.6. The first-order chi connectivity index (χ1) is 11.4. The normalized spacial score (nSPS) is 12.4. The number of anilines is 2. The van der Waals surface area contributed by atoms with E-state index in [4.69, 9.17) is 0 Å². The lowest BCUT2D eigenvalue weighted by Gasteiger charge is -2.26. The number of amides is 1. The minimum Gasteiger partial charge on any atom is -0.294 e. The second kappa shape index (κ2) is 6.94. The summed E-state index contributed by atoms with van der Waals surface area (Å²) in [6, 6.07) is 9.39. The van der Waals surface area contributed by atoms with Crippen molar-refractivity contribution in [2.24, 2.45) is 0 Å². The second-order valence-electron chi connectivity index (χ2n) is 5.35. The molecule has 0 atom stereocenters. The largest absolute Gasteiger partial charge is 0.294 e. The van der Waals surface area contributed by atoms with Crippen LogP contribution in [0.25, 0.3) is 12.2 Å². The lowest BCUT2D eigenvalue weighted by molar-refractivity contribution is -0.115. The van der Waals surface area contributed by atoms with E-state index in [1.54, 1.807) is 11.0 Å². The number of ketones is 1. The number of halogens is 3. The van der Waals surface area contributed by atoms with Crippen LogP contribution in [0.3, 0.4) is 0 Å². The van der Waals surface area contributed by atoms with E-state index in [1.165, 1.54) is 6.92 Å². The van der Waals surface area contributed by atoms with E-state index in [0.29, 0.717) is 11.3 Å². The number of nitrogens with zero attached hydrogens (tertiary/aromatic N) is 1. The van der Waals surface area contributed by atoms with Crippen LogP contribution in [0.15, 0.2) is 39.3 Å². The summed E-state index contributed by atoms with van der Waals surface area (Å²) in [6.45, 7) is 1.51. The molecule has 122 valence electrons. The average molecular weight is 514 g/mol. The van der Waals surface area contributed by atoms with E-state index in [9.17, 15) is 9.59 Å². The Kier molecular flexibility index (Phi) is 5.08. The van der Waals surface area contributed by atoms with E-state index in [-0.39, 0.29) is 17.0 Å². The van der Waals surface area contributed by atoms with Crippen LogP contribution in [0.2, 0.25) is 0 Å².